The van der Waals surface area contributed by atoms with Gasteiger partial charge in [0.25, 0.3) is 0 Å². The summed E-state index contributed by atoms with van der Waals surface area (Å²) in [7, 11) is -3.56. The molecule has 6 atom stereocenters. The summed E-state index contributed by atoms with van der Waals surface area (Å²) in [5, 5.41) is 11.4. The monoisotopic (exact) mass is 428 g/mol. The second-order valence-corrected chi connectivity index (χ2v) is 11.8. The van der Waals surface area contributed by atoms with E-state index in [0.717, 1.165) is 0 Å². The lowest BCUT2D eigenvalue weighted by Crippen LogP contribution is -2.66. The third-order valence-corrected chi connectivity index (χ3v) is 10.4. The van der Waals surface area contributed by atoms with Gasteiger partial charge in [-0.25, -0.2) is 12.8 Å². The number of aliphatic hydroxyl groups is 1. The van der Waals surface area contributed by atoms with E-state index in [-0.39, 0.29) is 33.8 Å². The maximum Gasteiger partial charge on any atom is 0.178 e. The van der Waals surface area contributed by atoms with Crippen molar-refractivity contribution in [2.24, 2.45) is 22.7 Å². The van der Waals surface area contributed by atoms with Gasteiger partial charge in [-0.1, -0.05) is 37.1 Å². The van der Waals surface area contributed by atoms with E-state index >= 15 is 4.39 Å². The summed E-state index contributed by atoms with van der Waals surface area (Å²) >= 11 is 6.45. The molecule has 7 heteroatoms. The largest absolute Gasteiger partial charge is 0.390 e. The van der Waals surface area contributed by atoms with Gasteiger partial charge in [0.1, 0.15) is 0 Å². The Morgan fingerprint density at radius 1 is 1.32 bits per heavy atom. The highest BCUT2D eigenvalue weighted by atomic mass is 35.5. The lowest BCUT2D eigenvalue weighted by atomic mass is 9.46. The van der Waals surface area contributed by atoms with E-state index in [1.165, 1.54) is 12.2 Å². The molecular formula is C21H26ClFO4S. The summed E-state index contributed by atoms with van der Waals surface area (Å²) in [6, 6.07) is 0. The number of alkyl halides is 1. The molecule has 0 unspecified atom stereocenters. The number of ketones is 1. The minimum Gasteiger partial charge on any atom is -0.390 e. The summed E-state index contributed by atoms with van der Waals surface area (Å²) in [6.45, 7) is 5.13. The molecule has 0 aliphatic heterocycles. The van der Waals surface area contributed by atoms with Crippen LogP contribution in [0.15, 0.2) is 33.7 Å². The molecule has 0 spiro atoms. The van der Waals surface area contributed by atoms with Crippen LogP contribution in [-0.2, 0) is 14.6 Å². The first-order valence-corrected chi connectivity index (χ1v) is 11.9. The minimum absolute atomic E-state index is 0.000106. The van der Waals surface area contributed by atoms with Crippen LogP contribution in [0.5, 0.6) is 0 Å². The van der Waals surface area contributed by atoms with E-state index in [9.17, 15) is 18.3 Å². The van der Waals surface area contributed by atoms with Gasteiger partial charge >= 0.3 is 0 Å². The van der Waals surface area contributed by atoms with Crippen LogP contribution in [0.2, 0.25) is 0 Å². The Bertz CT molecular complexity index is 951. The number of carbonyl (C=O) groups excluding carboxylic acids is 1. The molecule has 0 saturated heterocycles. The van der Waals surface area contributed by atoms with E-state index in [1.807, 2.05) is 6.92 Å². The first-order chi connectivity index (χ1) is 12.9. The fourth-order valence-corrected chi connectivity index (χ4v) is 8.85. The second kappa shape index (κ2) is 6.02. The van der Waals surface area contributed by atoms with Crippen molar-refractivity contribution < 1.29 is 22.7 Å². The molecule has 4 rings (SSSR count). The molecule has 0 aromatic rings. The molecule has 0 aromatic heterocycles. The van der Waals surface area contributed by atoms with Crippen LogP contribution in [0.3, 0.4) is 0 Å². The van der Waals surface area contributed by atoms with E-state index in [4.69, 9.17) is 11.6 Å². The van der Waals surface area contributed by atoms with Gasteiger partial charge in [-0.15, -0.1) is 0 Å². The Balaban J connectivity index is 1.84. The third-order valence-electron chi connectivity index (χ3n) is 7.89. The zero-order valence-corrected chi connectivity index (χ0v) is 17.9. The third kappa shape index (κ3) is 2.31. The number of allylic oxidation sites excluding steroid dienone is 6. The topological polar surface area (TPSA) is 71.4 Å². The zero-order valence-electron chi connectivity index (χ0n) is 16.3. The average molecular weight is 429 g/mol. The summed E-state index contributed by atoms with van der Waals surface area (Å²) in [5.41, 5.74) is -3.22. The molecule has 1 N–H and O–H groups in total. The van der Waals surface area contributed by atoms with Gasteiger partial charge < -0.3 is 5.11 Å². The molecular weight excluding hydrogens is 403 g/mol. The van der Waals surface area contributed by atoms with Gasteiger partial charge in [-0.3, -0.25) is 4.79 Å². The first-order valence-electron chi connectivity index (χ1n) is 9.85. The molecule has 4 aliphatic rings. The smallest absolute Gasteiger partial charge is 0.178 e. The number of sulfone groups is 1. The predicted molar refractivity (Wildman–Crippen MR) is 106 cm³/mol. The van der Waals surface area contributed by atoms with Gasteiger partial charge in [0.15, 0.2) is 21.3 Å². The highest BCUT2D eigenvalue weighted by molar-refractivity contribution is 7.95. The Kier molecular flexibility index (Phi) is 4.36. The maximum absolute atomic E-state index is 16.8. The number of aliphatic hydroxyl groups excluding tert-OH is 1. The van der Waals surface area contributed by atoms with E-state index in [2.05, 4.69) is 0 Å². The maximum atomic E-state index is 16.8. The Morgan fingerprint density at radius 2 is 2.00 bits per heavy atom. The molecule has 2 saturated carbocycles. The van der Waals surface area contributed by atoms with Crippen molar-refractivity contribution in [1.82, 2.24) is 0 Å². The Morgan fingerprint density at radius 3 is 2.64 bits per heavy atom. The summed E-state index contributed by atoms with van der Waals surface area (Å²) in [5.74, 6) is -1.07. The lowest BCUT2D eigenvalue weighted by molar-refractivity contribution is -0.184. The molecule has 0 radical (unpaired) electrons. The lowest BCUT2D eigenvalue weighted by Gasteiger charge is -2.61. The molecule has 4 nitrogen and oxygen atoms in total. The molecule has 0 aromatic carbocycles. The predicted octanol–water partition coefficient (Wildman–Crippen LogP) is 3.85. The molecule has 4 aliphatic carbocycles. The van der Waals surface area contributed by atoms with Crippen LogP contribution in [0, 0.1) is 22.7 Å². The molecule has 0 amide bonds. The van der Waals surface area contributed by atoms with Gasteiger partial charge in [-0.05, 0) is 50.7 Å². The van der Waals surface area contributed by atoms with Crippen LogP contribution in [0.4, 0.5) is 4.39 Å². The van der Waals surface area contributed by atoms with Crippen molar-refractivity contribution in [3.63, 3.8) is 0 Å². The van der Waals surface area contributed by atoms with Crippen LogP contribution < -0.4 is 0 Å². The molecule has 154 valence electrons. The Hall–Kier alpha value is -0.980. The van der Waals surface area contributed by atoms with Gasteiger partial charge in [0, 0.05) is 21.8 Å². The van der Waals surface area contributed by atoms with Crippen molar-refractivity contribution in [3.8, 4) is 0 Å². The number of carbonyl (C=O) groups is 1. The van der Waals surface area contributed by atoms with E-state index < -0.39 is 38.4 Å². The van der Waals surface area contributed by atoms with E-state index in [1.54, 1.807) is 19.9 Å². The van der Waals surface area contributed by atoms with E-state index in [0.29, 0.717) is 24.8 Å². The SMILES string of the molecule is CCS(=O)(=O)C1=C(Cl)C[C@H]2[C@@H]3CCC4=CC(=O)C=C[C@]4(C)[C@@]3(F)[C@@H](O)C[C@]12C. The fourth-order valence-electron chi connectivity index (χ4n) is 6.46. The van der Waals surface area contributed by atoms with Gasteiger partial charge in [-0.2, -0.15) is 0 Å². The number of hydrogen-bond donors (Lipinski definition) is 1. The van der Waals surface area contributed by atoms with Crippen LogP contribution in [0.1, 0.15) is 46.5 Å². The van der Waals surface area contributed by atoms with Gasteiger partial charge in [0.2, 0.25) is 0 Å². The first kappa shape index (κ1) is 20.3. The van der Waals surface area contributed by atoms with Crippen molar-refractivity contribution in [1.29, 1.82) is 0 Å². The second-order valence-electron chi connectivity index (χ2n) is 9.11. The number of rotatable bonds is 2. The molecule has 0 heterocycles. The van der Waals surface area contributed by atoms with Crippen LogP contribution in [0.25, 0.3) is 0 Å². The van der Waals surface area contributed by atoms with Crippen molar-refractivity contribution in [2.45, 2.75) is 58.2 Å². The normalized spacial score (nSPS) is 45.4. The number of fused-ring (bicyclic) bond motifs is 5. The summed E-state index contributed by atoms with van der Waals surface area (Å²) < 4.78 is 42.4. The number of hydrogen-bond acceptors (Lipinski definition) is 4. The summed E-state index contributed by atoms with van der Waals surface area (Å²) in [6.07, 6.45) is 4.43. The van der Waals surface area contributed by atoms with Crippen LogP contribution in [-0.4, -0.2) is 36.8 Å². The number of halogens is 2. The highest BCUT2D eigenvalue weighted by Crippen LogP contribution is 2.69. The summed E-state index contributed by atoms with van der Waals surface area (Å²) in [4.78, 5) is 12.0. The molecule has 28 heavy (non-hydrogen) atoms. The highest BCUT2D eigenvalue weighted by Gasteiger charge is 2.70. The van der Waals surface area contributed by atoms with Gasteiger partial charge in [0.05, 0.1) is 16.8 Å². The van der Waals surface area contributed by atoms with Crippen molar-refractivity contribution >= 4 is 27.2 Å². The van der Waals surface area contributed by atoms with Crippen molar-refractivity contribution in [3.05, 3.63) is 33.7 Å². The van der Waals surface area contributed by atoms with Crippen LogP contribution >= 0.6 is 11.6 Å². The zero-order chi connectivity index (χ0) is 20.7. The quantitative estimate of drug-likeness (QED) is 0.725. The van der Waals surface area contributed by atoms with Crippen molar-refractivity contribution in [2.75, 3.05) is 5.75 Å². The average Bonchev–Trinajstić information content (AvgIpc) is 2.87. The minimum atomic E-state index is -3.56. The molecule has 0 bridgehead atoms. The fraction of sp³-hybridized carbons (Fsp3) is 0.667. The standard InChI is InChI=1S/C21H26ClFO4S/c1-4-28(26,27)18-16(22)10-15-14-6-5-12-9-13(24)7-8-20(12,3)21(14,23)17(25)11-19(15,18)2/h7-9,14-15,17,25H,4-6,10-11H2,1-3H3/t14-,15-,17-,19-,20-,21-/m0/s1. The Labute approximate surface area is 170 Å². The molecule has 2 fully saturated rings.